The molecule has 12 heteroatoms. The summed E-state index contributed by atoms with van der Waals surface area (Å²) in [7, 11) is -4.32. The predicted molar refractivity (Wildman–Crippen MR) is 141 cm³/mol. The van der Waals surface area contributed by atoms with Gasteiger partial charge in [-0.2, -0.15) is 26.7 Å². The van der Waals surface area contributed by atoms with Crippen molar-refractivity contribution in [1.29, 1.82) is 0 Å². The molecule has 0 amide bonds. The highest BCUT2D eigenvalue weighted by Crippen LogP contribution is 2.36. The van der Waals surface area contributed by atoms with Crippen LogP contribution in [0.1, 0.15) is 22.3 Å². The van der Waals surface area contributed by atoms with E-state index in [2.05, 4.69) is 26.8 Å². The topological polar surface area (TPSA) is 96.9 Å². The Labute approximate surface area is 221 Å². The van der Waals surface area contributed by atoms with E-state index in [0.29, 0.717) is 16.1 Å². The fourth-order valence-electron chi connectivity index (χ4n) is 2.92. The number of nitrogens with one attached hydrogen (secondary N) is 1. The maximum Gasteiger partial charge on any atom is 0.416 e. The molecule has 37 heavy (non-hydrogen) atoms. The third-order valence-electron chi connectivity index (χ3n) is 4.67. The lowest BCUT2D eigenvalue weighted by atomic mass is 10.1. The van der Waals surface area contributed by atoms with Crippen LogP contribution in [0.5, 0.6) is 0 Å². The van der Waals surface area contributed by atoms with Gasteiger partial charge in [0.25, 0.3) is 10.0 Å². The van der Waals surface area contributed by atoms with Gasteiger partial charge in [-0.1, -0.05) is 53.9 Å². The minimum absolute atomic E-state index is 0.0631. The summed E-state index contributed by atoms with van der Waals surface area (Å²) in [5, 5.41) is 4.03. The summed E-state index contributed by atoms with van der Waals surface area (Å²) in [6.45, 7) is 1.61. The Morgan fingerprint density at radius 2 is 1.86 bits per heavy atom. The van der Waals surface area contributed by atoms with E-state index < -0.39 is 27.7 Å². The maximum atomic E-state index is 13.0. The van der Waals surface area contributed by atoms with E-state index in [4.69, 9.17) is 17.3 Å². The average Bonchev–Trinajstić information content (AvgIpc) is 2.84. The van der Waals surface area contributed by atoms with Crippen LogP contribution in [-0.4, -0.2) is 20.6 Å². The zero-order valence-electron chi connectivity index (χ0n) is 19.3. The molecule has 0 fully saturated rings. The van der Waals surface area contributed by atoms with E-state index in [1.165, 1.54) is 30.5 Å². The number of thioether (sulfide) groups is 1. The van der Waals surface area contributed by atoms with Gasteiger partial charge in [-0.15, -0.1) is 16.2 Å². The Morgan fingerprint density at radius 1 is 1.14 bits per heavy atom. The normalized spacial score (nSPS) is 12.3. The first-order valence-electron chi connectivity index (χ1n) is 10.5. The minimum atomic E-state index is -4.49. The first-order chi connectivity index (χ1) is 17.5. The standard InChI is InChI=1S/C25H20ClF3N4O2S2/c1-17-13-23(22(15-21(17)26)36-16-19-9-5-11-20(14-19)25(27,28)29)37(34,35)33-24(30)32-31-12-6-10-18-7-3-2-4-8-18/h2-5,7-9,11-15H,16H2,1H3,(H3,30,32,33)/b31-12+. The molecule has 0 bridgehead atoms. The largest absolute Gasteiger partial charge is 0.416 e. The van der Waals surface area contributed by atoms with Crippen LogP contribution in [-0.2, 0) is 22.0 Å². The Hall–Kier alpha value is -3.46. The highest BCUT2D eigenvalue weighted by atomic mass is 35.5. The molecule has 0 saturated carbocycles. The Morgan fingerprint density at radius 3 is 2.57 bits per heavy atom. The zero-order chi connectivity index (χ0) is 27.1. The summed E-state index contributed by atoms with van der Waals surface area (Å²) < 4.78 is 68.6. The molecule has 0 aromatic heterocycles. The second-order valence-corrected chi connectivity index (χ2v) is 10.5. The van der Waals surface area contributed by atoms with Crippen molar-refractivity contribution < 1.29 is 21.6 Å². The number of rotatable bonds is 6. The summed E-state index contributed by atoms with van der Waals surface area (Å²) in [6, 6.07) is 16.7. The second kappa shape index (κ2) is 12.2. The molecule has 3 aromatic rings. The monoisotopic (exact) mass is 564 g/mol. The first kappa shape index (κ1) is 28.1. The Balaban J connectivity index is 1.79. The maximum absolute atomic E-state index is 13.0. The number of aryl methyl sites for hydroxylation is 1. The fraction of sp³-hybridized carbons (Fsp3) is 0.120. The minimum Gasteiger partial charge on any atom is -0.368 e. The number of sulfonamides is 1. The highest BCUT2D eigenvalue weighted by molar-refractivity contribution is 7.99. The van der Waals surface area contributed by atoms with E-state index in [1.54, 1.807) is 6.92 Å². The van der Waals surface area contributed by atoms with E-state index >= 15 is 0 Å². The molecular formula is C25H20ClF3N4O2S2. The quantitative estimate of drug-likeness (QED) is 0.134. The summed E-state index contributed by atoms with van der Waals surface area (Å²) in [5.41, 5.74) is 8.79. The van der Waals surface area contributed by atoms with Gasteiger partial charge in [0.1, 0.15) is 4.90 Å². The van der Waals surface area contributed by atoms with Crippen LogP contribution in [0.4, 0.5) is 13.2 Å². The summed E-state index contributed by atoms with van der Waals surface area (Å²) in [4.78, 5) is 0.0192. The van der Waals surface area contributed by atoms with Gasteiger partial charge < -0.3 is 5.73 Å². The van der Waals surface area contributed by atoms with Gasteiger partial charge in [0, 0.05) is 21.2 Å². The molecule has 0 aliphatic rings. The van der Waals surface area contributed by atoms with Crippen molar-refractivity contribution in [3.05, 3.63) is 94.0 Å². The third kappa shape index (κ3) is 8.28. The number of alkyl halides is 3. The Bertz CT molecular complexity index is 1500. The summed E-state index contributed by atoms with van der Waals surface area (Å²) in [6.07, 6.45) is -3.29. The molecular weight excluding hydrogens is 545 g/mol. The lowest BCUT2D eigenvalue weighted by molar-refractivity contribution is -0.137. The molecule has 0 atom stereocenters. The second-order valence-electron chi connectivity index (χ2n) is 7.49. The van der Waals surface area contributed by atoms with Gasteiger partial charge in [0.2, 0.25) is 5.96 Å². The average molecular weight is 565 g/mol. The SMILES string of the molecule is Cc1cc(S(=O)(=O)N=C(N)N/N=C/C#Cc2ccccc2)c(SCc2cccc(C(F)(F)F)c2)cc1Cl. The lowest BCUT2D eigenvalue weighted by Crippen LogP contribution is -2.28. The van der Waals surface area contributed by atoms with Crippen molar-refractivity contribution in [3.8, 4) is 11.8 Å². The van der Waals surface area contributed by atoms with Gasteiger partial charge in [0.05, 0.1) is 11.8 Å². The van der Waals surface area contributed by atoms with E-state index in [1.807, 2.05) is 30.3 Å². The van der Waals surface area contributed by atoms with Gasteiger partial charge in [0.15, 0.2) is 0 Å². The predicted octanol–water partition coefficient (Wildman–Crippen LogP) is 5.59. The van der Waals surface area contributed by atoms with Crippen molar-refractivity contribution in [3.63, 3.8) is 0 Å². The molecule has 0 aliphatic carbocycles. The third-order valence-corrected chi connectivity index (χ3v) is 7.66. The fourth-order valence-corrected chi connectivity index (χ4v) is 5.58. The lowest BCUT2D eigenvalue weighted by Gasteiger charge is -2.12. The number of benzene rings is 3. The van der Waals surface area contributed by atoms with Gasteiger partial charge in [-0.05, 0) is 54.3 Å². The van der Waals surface area contributed by atoms with Crippen LogP contribution in [0, 0.1) is 18.8 Å². The number of nitrogens with zero attached hydrogens (tertiary/aromatic N) is 2. The van der Waals surface area contributed by atoms with Gasteiger partial charge >= 0.3 is 6.18 Å². The number of nitrogens with two attached hydrogens (primary N) is 1. The van der Waals surface area contributed by atoms with Crippen molar-refractivity contribution >= 4 is 45.6 Å². The molecule has 0 aliphatic heterocycles. The molecule has 3 aromatic carbocycles. The van der Waals surface area contributed by atoms with Crippen LogP contribution in [0.25, 0.3) is 0 Å². The number of hydrazone groups is 1. The summed E-state index contributed by atoms with van der Waals surface area (Å²) in [5.74, 6) is 5.06. The number of guanidine groups is 1. The number of hydrogen-bond acceptors (Lipinski definition) is 4. The van der Waals surface area contributed by atoms with E-state index in [0.717, 1.165) is 29.5 Å². The van der Waals surface area contributed by atoms with E-state index in [-0.39, 0.29) is 15.5 Å². The van der Waals surface area contributed by atoms with Crippen LogP contribution < -0.4 is 11.2 Å². The van der Waals surface area contributed by atoms with Crippen molar-refractivity contribution in [2.24, 2.45) is 15.2 Å². The zero-order valence-corrected chi connectivity index (χ0v) is 21.6. The first-order valence-corrected chi connectivity index (χ1v) is 13.3. The van der Waals surface area contributed by atoms with Crippen LogP contribution in [0.2, 0.25) is 5.02 Å². The molecule has 3 rings (SSSR count). The van der Waals surface area contributed by atoms with Crippen LogP contribution in [0.15, 0.2) is 86.0 Å². The highest BCUT2D eigenvalue weighted by Gasteiger charge is 2.30. The molecule has 3 N–H and O–H groups in total. The molecule has 6 nitrogen and oxygen atoms in total. The number of halogens is 4. The molecule has 0 unspecified atom stereocenters. The molecule has 192 valence electrons. The van der Waals surface area contributed by atoms with Crippen molar-refractivity contribution in [2.45, 2.75) is 28.6 Å². The Kier molecular flexibility index (Phi) is 9.26. The van der Waals surface area contributed by atoms with Crippen molar-refractivity contribution in [2.75, 3.05) is 0 Å². The molecule has 0 saturated heterocycles. The molecule has 0 heterocycles. The molecule has 0 spiro atoms. The summed E-state index contributed by atoms with van der Waals surface area (Å²) >= 11 is 7.20. The van der Waals surface area contributed by atoms with Crippen molar-refractivity contribution in [1.82, 2.24) is 5.43 Å². The van der Waals surface area contributed by atoms with Crippen LogP contribution >= 0.6 is 23.4 Å². The number of hydrogen-bond donors (Lipinski definition) is 2. The van der Waals surface area contributed by atoms with Crippen LogP contribution in [0.3, 0.4) is 0 Å². The van der Waals surface area contributed by atoms with Gasteiger partial charge in [-0.25, -0.2) is 5.43 Å². The van der Waals surface area contributed by atoms with Gasteiger partial charge in [-0.3, -0.25) is 0 Å². The smallest absolute Gasteiger partial charge is 0.368 e. The molecule has 0 radical (unpaired) electrons. The van der Waals surface area contributed by atoms with E-state index in [9.17, 15) is 21.6 Å².